The zero-order valence-electron chi connectivity index (χ0n) is 28.4. The molecule has 0 aliphatic heterocycles. The van der Waals surface area contributed by atoms with E-state index in [0.717, 1.165) is 105 Å². The first-order valence-electron chi connectivity index (χ1n) is 18.0. The number of aromatic nitrogens is 2. The molecule has 4 heteroatoms. The maximum atomic E-state index is 6.92. The summed E-state index contributed by atoms with van der Waals surface area (Å²) in [5.74, 6) is 0. The number of fused-ring (bicyclic) bond motifs is 13. The van der Waals surface area contributed by atoms with Crippen LogP contribution < -0.4 is 0 Å². The smallest absolute Gasteiger partial charge is 0.160 e. The average molecular weight is 677 g/mol. The van der Waals surface area contributed by atoms with Crippen LogP contribution in [-0.4, -0.2) is 9.55 Å². The summed E-state index contributed by atoms with van der Waals surface area (Å²) in [6, 6.07) is 60.0. The number of hydrogen-bond acceptors (Lipinski definition) is 3. The fourth-order valence-corrected chi connectivity index (χ4v) is 8.61. The average Bonchev–Trinajstić information content (AvgIpc) is 3.90. The second-order valence-electron chi connectivity index (χ2n) is 13.9. The number of benzene rings is 8. The minimum Gasteiger partial charge on any atom is -0.456 e. The zero-order chi connectivity index (χ0) is 34.6. The van der Waals surface area contributed by atoms with Gasteiger partial charge in [0, 0.05) is 54.0 Å². The molecule has 0 bridgehead atoms. The molecule has 4 heterocycles. The van der Waals surface area contributed by atoms with E-state index in [1.165, 1.54) is 10.8 Å². The summed E-state index contributed by atoms with van der Waals surface area (Å²) in [5, 5.41) is 10.2. The molecule has 0 unspecified atom stereocenters. The molecule has 0 saturated carbocycles. The molecule has 0 N–H and O–H groups in total. The summed E-state index contributed by atoms with van der Waals surface area (Å²) in [6.45, 7) is 0. The van der Waals surface area contributed by atoms with Gasteiger partial charge in [-0.3, -0.25) is 0 Å². The van der Waals surface area contributed by atoms with Crippen molar-refractivity contribution in [3.63, 3.8) is 0 Å². The van der Waals surface area contributed by atoms with E-state index < -0.39 is 0 Å². The van der Waals surface area contributed by atoms with Crippen LogP contribution in [0.3, 0.4) is 0 Å². The fourth-order valence-electron chi connectivity index (χ4n) is 8.61. The van der Waals surface area contributed by atoms with Crippen LogP contribution in [0.15, 0.2) is 179 Å². The molecule has 0 saturated heterocycles. The predicted molar refractivity (Wildman–Crippen MR) is 219 cm³/mol. The Balaban J connectivity index is 1.19. The number of furan rings is 2. The van der Waals surface area contributed by atoms with E-state index in [1.54, 1.807) is 0 Å². The van der Waals surface area contributed by atoms with E-state index in [1.807, 2.05) is 18.2 Å². The van der Waals surface area contributed by atoms with Crippen LogP contribution in [0.1, 0.15) is 0 Å². The third-order valence-electron chi connectivity index (χ3n) is 11.0. The van der Waals surface area contributed by atoms with Crippen LogP contribution in [-0.2, 0) is 0 Å². The Morgan fingerprint density at radius 2 is 1.00 bits per heavy atom. The Morgan fingerprint density at radius 1 is 0.377 bits per heavy atom. The zero-order valence-corrected chi connectivity index (χ0v) is 28.4. The van der Waals surface area contributed by atoms with Crippen molar-refractivity contribution in [1.82, 2.24) is 9.55 Å². The van der Waals surface area contributed by atoms with E-state index in [0.29, 0.717) is 0 Å². The maximum absolute atomic E-state index is 6.92. The van der Waals surface area contributed by atoms with E-state index in [2.05, 4.69) is 156 Å². The van der Waals surface area contributed by atoms with E-state index in [9.17, 15) is 0 Å². The van der Waals surface area contributed by atoms with Crippen molar-refractivity contribution in [3.8, 4) is 28.1 Å². The van der Waals surface area contributed by atoms with Crippen molar-refractivity contribution in [3.05, 3.63) is 170 Å². The van der Waals surface area contributed by atoms with Crippen LogP contribution in [0.5, 0.6) is 0 Å². The first-order valence-corrected chi connectivity index (χ1v) is 18.0. The summed E-state index contributed by atoms with van der Waals surface area (Å²) >= 11 is 0. The molecule has 0 aliphatic rings. The minimum atomic E-state index is 0.859. The summed E-state index contributed by atoms with van der Waals surface area (Å²) < 4.78 is 15.5. The van der Waals surface area contributed by atoms with Crippen molar-refractivity contribution in [2.45, 2.75) is 0 Å². The highest BCUT2D eigenvalue weighted by atomic mass is 16.3. The maximum Gasteiger partial charge on any atom is 0.160 e. The molecule has 0 atom stereocenters. The standard InChI is InChI=1S/C49H28N2O2/c1-2-12-29(13-3-1)48-38-28-42(49-47(35-17-7-11-21-44(35)53-49)46(38)34-16-4-8-18-39(34)50-48)51-40-19-9-5-14-32(40)36-26-30(22-24-41(36)51)31-23-25-45-37(27-31)33-15-6-10-20-43(33)52-45/h1-28H. The molecular formula is C49H28N2O2. The van der Waals surface area contributed by atoms with Crippen LogP contribution in [0.25, 0.3) is 115 Å². The monoisotopic (exact) mass is 676 g/mol. The number of para-hydroxylation sites is 4. The largest absolute Gasteiger partial charge is 0.456 e. The third-order valence-corrected chi connectivity index (χ3v) is 11.0. The second kappa shape index (κ2) is 10.7. The van der Waals surface area contributed by atoms with Gasteiger partial charge in [0.1, 0.15) is 16.7 Å². The Bertz CT molecular complexity index is 3460. The molecule has 4 nitrogen and oxygen atoms in total. The Labute approximate surface area is 302 Å². The first kappa shape index (κ1) is 28.5. The second-order valence-corrected chi connectivity index (χ2v) is 13.9. The molecular weight excluding hydrogens is 649 g/mol. The number of nitrogens with zero attached hydrogens (tertiary/aromatic N) is 2. The lowest BCUT2D eigenvalue weighted by molar-refractivity contribution is 0.666. The van der Waals surface area contributed by atoms with Crippen molar-refractivity contribution in [2.75, 3.05) is 0 Å². The SMILES string of the molecule is c1ccc(-c2nc3ccccc3c3c2cc(-n2c4ccccc4c4cc(-c5ccc6oc7ccccc7c6c5)ccc42)c2oc4ccccc4c23)cc1. The molecule has 0 spiro atoms. The number of pyridine rings is 1. The molecule has 0 amide bonds. The quantitative estimate of drug-likeness (QED) is 0.175. The molecule has 246 valence electrons. The Morgan fingerprint density at radius 3 is 1.85 bits per heavy atom. The van der Waals surface area contributed by atoms with Crippen molar-refractivity contribution in [2.24, 2.45) is 0 Å². The highest BCUT2D eigenvalue weighted by molar-refractivity contribution is 6.30. The van der Waals surface area contributed by atoms with E-state index in [-0.39, 0.29) is 0 Å². The van der Waals surface area contributed by atoms with Crippen LogP contribution in [0.4, 0.5) is 0 Å². The van der Waals surface area contributed by atoms with Gasteiger partial charge in [0.05, 0.1) is 27.9 Å². The van der Waals surface area contributed by atoms with E-state index >= 15 is 0 Å². The molecule has 4 aromatic heterocycles. The van der Waals surface area contributed by atoms with Gasteiger partial charge in [0.15, 0.2) is 5.58 Å². The summed E-state index contributed by atoms with van der Waals surface area (Å²) in [7, 11) is 0. The predicted octanol–water partition coefficient (Wildman–Crippen LogP) is 13.6. The number of rotatable bonds is 3. The molecule has 0 aliphatic carbocycles. The summed E-state index contributed by atoms with van der Waals surface area (Å²) in [4.78, 5) is 5.33. The van der Waals surface area contributed by atoms with Gasteiger partial charge in [-0.25, -0.2) is 4.98 Å². The Kier molecular flexibility index (Phi) is 5.74. The molecule has 8 aromatic carbocycles. The minimum absolute atomic E-state index is 0.859. The highest BCUT2D eigenvalue weighted by Gasteiger charge is 2.24. The van der Waals surface area contributed by atoms with Crippen molar-refractivity contribution >= 4 is 87.4 Å². The van der Waals surface area contributed by atoms with Crippen LogP contribution in [0.2, 0.25) is 0 Å². The van der Waals surface area contributed by atoms with Crippen LogP contribution in [0, 0.1) is 0 Å². The van der Waals surface area contributed by atoms with E-state index in [4.69, 9.17) is 13.8 Å². The lowest BCUT2D eigenvalue weighted by Gasteiger charge is -2.15. The summed E-state index contributed by atoms with van der Waals surface area (Å²) in [5.41, 5.74) is 12.1. The molecule has 12 rings (SSSR count). The van der Waals surface area contributed by atoms with Gasteiger partial charge in [0.2, 0.25) is 0 Å². The lowest BCUT2D eigenvalue weighted by atomic mass is 9.95. The van der Waals surface area contributed by atoms with Gasteiger partial charge < -0.3 is 13.4 Å². The normalized spacial score (nSPS) is 12.2. The van der Waals surface area contributed by atoms with Gasteiger partial charge in [-0.2, -0.15) is 0 Å². The van der Waals surface area contributed by atoms with Crippen molar-refractivity contribution in [1.29, 1.82) is 0 Å². The van der Waals surface area contributed by atoms with Gasteiger partial charge in [-0.05, 0) is 65.7 Å². The van der Waals surface area contributed by atoms with Gasteiger partial charge >= 0.3 is 0 Å². The molecule has 53 heavy (non-hydrogen) atoms. The fraction of sp³-hybridized carbons (Fsp3) is 0. The van der Waals surface area contributed by atoms with Gasteiger partial charge in [-0.15, -0.1) is 0 Å². The first-order chi connectivity index (χ1) is 26.3. The Hall–Kier alpha value is -7.17. The van der Waals surface area contributed by atoms with Gasteiger partial charge in [-0.1, -0.05) is 115 Å². The lowest BCUT2D eigenvalue weighted by Crippen LogP contribution is -1.97. The van der Waals surface area contributed by atoms with Gasteiger partial charge in [0.25, 0.3) is 0 Å². The third kappa shape index (κ3) is 4.03. The summed E-state index contributed by atoms with van der Waals surface area (Å²) in [6.07, 6.45) is 0. The van der Waals surface area contributed by atoms with Crippen molar-refractivity contribution < 1.29 is 8.83 Å². The molecule has 12 aromatic rings. The highest BCUT2D eigenvalue weighted by Crippen LogP contribution is 2.46. The number of hydrogen-bond donors (Lipinski definition) is 0. The topological polar surface area (TPSA) is 44.1 Å². The molecule has 0 fully saturated rings. The molecule has 0 radical (unpaired) electrons. The van der Waals surface area contributed by atoms with Crippen LogP contribution >= 0.6 is 0 Å².